The van der Waals surface area contributed by atoms with E-state index in [1.807, 2.05) is 13.0 Å². The van der Waals surface area contributed by atoms with Crippen molar-refractivity contribution in [3.05, 3.63) is 21.2 Å². The highest BCUT2D eigenvalue weighted by atomic mass is 79.9. The molecule has 0 radical (unpaired) electrons. The number of halogens is 2. The van der Waals surface area contributed by atoms with E-state index in [9.17, 15) is 0 Å². The van der Waals surface area contributed by atoms with Gasteiger partial charge in [0.15, 0.2) is 0 Å². The van der Waals surface area contributed by atoms with E-state index in [4.69, 9.17) is 4.74 Å². The molecule has 0 aliphatic carbocycles. The first-order valence-corrected chi connectivity index (χ1v) is 6.07. The largest absolute Gasteiger partial charge is 0.474 e. The Balaban J connectivity index is 2.77. The molecule has 0 spiro atoms. The second-order valence-corrected chi connectivity index (χ2v) is 5.28. The Labute approximate surface area is 101 Å². The monoisotopic (exact) mass is 321 g/mol. The molecule has 1 unspecified atom stereocenters. The summed E-state index contributed by atoms with van der Waals surface area (Å²) < 4.78 is 7.50. The van der Waals surface area contributed by atoms with Gasteiger partial charge in [0.05, 0.1) is 10.6 Å². The van der Waals surface area contributed by atoms with E-state index in [1.54, 1.807) is 6.20 Å². The quantitative estimate of drug-likeness (QED) is 0.838. The number of pyridine rings is 1. The first kappa shape index (κ1) is 12.0. The van der Waals surface area contributed by atoms with Gasteiger partial charge in [0, 0.05) is 10.7 Å². The Morgan fingerprint density at radius 3 is 2.43 bits per heavy atom. The lowest BCUT2D eigenvalue weighted by Gasteiger charge is -2.17. The molecule has 0 saturated heterocycles. The maximum Gasteiger partial charge on any atom is 0.228 e. The van der Waals surface area contributed by atoms with Crippen LogP contribution in [-0.2, 0) is 0 Å². The van der Waals surface area contributed by atoms with E-state index >= 15 is 0 Å². The van der Waals surface area contributed by atoms with Gasteiger partial charge >= 0.3 is 0 Å². The van der Waals surface area contributed by atoms with Crippen molar-refractivity contribution in [2.24, 2.45) is 5.92 Å². The molecule has 1 atom stereocenters. The van der Waals surface area contributed by atoms with Gasteiger partial charge in [0.2, 0.25) is 5.88 Å². The molecule has 0 aliphatic rings. The van der Waals surface area contributed by atoms with Crippen LogP contribution in [-0.4, -0.2) is 11.1 Å². The standard InChI is InChI=1S/C10H13Br2NO/c1-6(2)7(3)14-10-9(12)4-8(11)5-13-10/h4-7H,1-3H3. The van der Waals surface area contributed by atoms with Crippen molar-refractivity contribution < 1.29 is 4.74 Å². The SMILES string of the molecule is CC(C)C(C)Oc1ncc(Br)cc1Br. The normalized spacial score (nSPS) is 13.0. The zero-order valence-corrected chi connectivity index (χ0v) is 11.6. The highest BCUT2D eigenvalue weighted by Crippen LogP contribution is 2.26. The fraction of sp³-hybridized carbons (Fsp3) is 0.500. The van der Waals surface area contributed by atoms with E-state index in [-0.39, 0.29) is 6.10 Å². The predicted octanol–water partition coefficient (Wildman–Crippen LogP) is 4.03. The summed E-state index contributed by atoms with van der Waals surface area (Å²) in [5.41, 5.74) is 0. The lowest BCUT2D eigenvalue weighted by molar-refractivity contribution is 0.162. The fourth-order valence-electron chi connectivity index (χ4n) is 0.801. The van der Waals surface area contributed by atoms with Gasteiger partial charge < -0.3 is 4.74 Å². The van der Waals surface area contributed by atoms with Gasteiger partial charge in [-0.2, -0.15) is 0 Å². The average molecular weight is 323 g/mol. The van der Waals surface area contributed by atoms with Gasteiger partial charge in [0.1, 0.15) is 0 Å². The Kier molecular flexibility index (Phi) is 4.38. The fourth-order valence-corrected chi connectivity index (χ4v) is 1.88. The Morgan fingerprint density at radius 2 is 1.93 bits per heavy atom. The third-order valence-corrected chi connectivity index (χ3v) is 3.01. The van der Waals surface area contributed by atoms with Gasteiger partial charge in [0.25, 0.3) is 0 Å². The topological polar surface area (TPSA) is 22.1 Å². The van der Waals surface area contributed by atoms with Crippen molar-refractivity contribution in [3.8, 4) is 5.88 Å². The van der Waals surface area contributed by atoms with Crippen molar-refractivity contribution in [3.63, 3.8) is 0 Å². The molecule has 1 rings (SSSR count). The summed E-state index contributed by atoms with van der Waals surface area (Å²) >= 11 is 6.75. The van der Waals surface area contributed by atoms with Gasteiger partial charge in [-0.1, -0.05) is 13.8 Å². The lowest BCUT2D eigenvalue weighted by atomic mass is 10.1. The third kappa shape index (κ3) is 3.24. The van der Waals surface area contributed by atoms with Crippen molar-refractivity contribution >= 4 is 31.9 Å². The molecule has 0 fully saturated rings. The molecule has 78 valence electrons. The molecule has 1 heterocycles. The van der Waals surface area contributed by atoms with Crippen molar-refractivity contribution in [1.82, 2.24) is 4.98 Å². The van der Waals surface area contributed by atoms with Crippen LogP contribution in [0, 0.1) is 5.92 Å². The van der Waals surface area contributed by atoms with E-state index in [0.29, 0.717) is 11.8 Å². The van der Waals surface area contributed by atoms with Crippen LogP contribution < -0.4 is 4.74 Å². The molecule has 0 bridgehead atoms. The molecule has 1 aromatic rings. The molecule has 2 nitrogen and oxygen atoms in total. The van der Waals surface area contributed by atoms with E-state index < -0.39 is 0 Å². The van der Waals surface area contributed by atoms with Gasteiger partial charge in [-0.25, -0.2) is 4.98 Å². The average Bonchev–Trinajstić information content (AvgIpc) is 2.09. The second-order valence-electron chi connectivity index (χ2n) is 3.51. The Bertz CT molecular complexity index is 315. The summed E-state index contributed by atoms with van der Waals surface area (Å²) in [7, 11) is 0. The summed E-state index contributed by atoms with van der Waals surface area (Å²) in [5, 5.41) is 0. The maximum atomic E-state index is 5.68. The Hall–Kier alpha value is -0.0900. The minimum Gasteiger partial charge on any atom is -0.474 e. The first-order chi connectivity index (χ1) is 6.50. The zero-order valence-electron chi connectivity index (χ0n) is 8.42. The number of hydrogen-bond donors (Lipinski definition) is 0. The van der Waals surface area contributed by atoms with E-state index in [1.165, 1.54) is 0 Å². The number of hydrogen-bond acceptors (Lipinski definition) is 2. The number of ether oxygens (including phenoxy) is 1. The second kappa shape index (κ2) is 5.12. The minimum atomic E-state index is 0.167. The van der Waals surface area contributed by atoms with Crippen molar-refractivity contribution in [1.29, 1.82) is 0 Å². The van der Waals surface area contributed by atoms with Crippen LogP contribution in [0.15, 0.2) is 21.2 Å². The zero-order chi connectivity index (χ0) is 10.7. The molecular formula is C10H13Br2NO. The third-order valence-electron chi connectivity index (χ3n) is 2.01. The smallest absolute Gasteiger partial charge is 0.228 e. The molecule has 4 heteroatoms. The minimum absolute atomic E-state index is 0.167. The summed E-state index contributed by atoms with van der Waals surface area (Å²) in [6.07, 6.45) is 1.90. The Morgan fingerprint density at radius 1 is 1.29 bits per heavy atom. The van der Waals surface area contributed by atoms with Gasteiger partial charge in [-0.15, -0.1) is 0 Å². The summed E-state index contributed by atoms with van der Waals surface area (Å²) in [4.78, 5) is 4.18. The predicted molar refractivity (Wildman–Crippen MR) is 64.6 cm³/mol. The first-order valence-electron chi connectivity index (χ1n) is 4.48. The van der Waals surface area contributed by atoms with Crippen LogP contribution in [0.4, 0.5) is 0 Å². The van der Waals surface area contributed by atoms with Crippen LogP contribution in [0.25, 0.3) is 0 Å². The van der Waals surface area contributed by atoms with Crippen LogP contribution >= 0.6 is 31.9 Å². The molecule has 14 heavy (non-hydrogen) atoms. The lowest BCUT2D eigenvalue weighted by Crippen LogP contribution is -2.19. The molecular weight excluding hydrogens is 310 g/mol. The molecule has 0 aromatic carbocycles. The van der Waals surface area contributed by atoms with E-state index in [2.05, 4.69) is 50.7 Å². The van der Waals surface area contributed by atoms with Crippen molar-refractivity contribution in [2.75, 3.05) is 0 Å². The number of aromatic nitrogens is 1. The molecule has 0 N–H and O–H groups in total. The number of rotatable bonds is 3. The highest BCUT2D eigenvalue weighted by Gasteiger charge is 2.11. The van der Waals surface area contributed by atoms with Gasteiger partial charge in [-0.3, -0.25) is 0 Å². The van der Waals surface area contributed by atoms with Crippen LogP contribution in [0.1, 0.15) is 20.8 Å². The summed E-state index contributed by atoms with van der Waals surface area (Å²) in [6, 6.07) is 1.93. The molecule has 0 aliphatic heterocycles. The summed E-state index contributed by atoms with van der Waals surface area (Å²) in [5.74, 6) is 1.13. The number of nitrogens with zero attached hydrogens (tertiary/aromatic N) is 1. The molecule has 1 aromatic heterocycles. The highest BCUT2D eigenvalue weighted by molar-refractivity contribution is 9.11. The molecule has 0 saturated carbocycles. The van der Waals surface area contributed by atoms with Crippen LogP contribution in [0.5, 0.6) is 5.88 Å². The maximum absolute atomic E-state index is 5.68. The van der Waals surface area contributed by atoms with Gasteiger partial charge in [-0.05, 0) is 50.8 Å². The van der Waals surface area contributed by atoms with E-state index in [0.717, 1.165) is 8.95 Å². The van der Waals surface area contributed by atoms with Crippen LogP contribution in [0.3, 0.4) is 0 Å². The van der Waals surface area contributed by atoms with Crippen LogP contribution in [0.2, 0.25) is 0 Å². The summed E-state index contributed by atoms with van der Waals surface area (Å²) in [6.45, 7) is 6.29. The molecule has 0 amide bonds. The van der Waals surface area contributed by atoms with Crippen molar-refractivity contribution in [2.45, 2.75) is 26.9 Å².